The van der Waals surface area contributed by atoms with Crippen LogP contribution >= 0.6 is 0 Å². The van der Waals surface area contributed by atoms with Crippen molar-refractivity contribution >= 4 is 0 Å². The standard InChI is InChI=1S/C12H23N3/c1-5-10-8-11(15(4)14-10)6-7-12(13)9(2)3/h8-9,12H,5-7,13H2,1-4H3. The number of hydrogen-bond acceptors (Lipinski definition) is 2. The Hall–Kier alpha value is -0.830. The monoisotopic (exact) mass is 209 g/mol. The van der Waals surface area contributed by atoms with Crippen LogP contribution in [0.25, 0.3) is 0 Å². The van der Waals surface area contributed by atoms with E-state index in [-0.39, 0.29) is 0 Å². The van der Waals surface area contributed by atoms with Gasteiger partial charge in [0.25, 0.3) is 0 Å². The van der Waals surface area contributed by atoms with Crippen molar-refractivity contribution in [1.29, 1.82) is 0 Å². The number of aromatic nitrogens is 2. The number of rotatable bonds is 5. The van der Waals surface area contributed by atoms with Gasteiger partial charge in [0.15, 0.2) is 0 Å². The fourth-order valence-corrected chi connectivity index (χ4v) is 1.63. The minimum atomic E-state index is 0.296. The third kappa shape index (κ3) is 3.34. The van der Waals surface area contributed by atoms with Gasteiger partial charge in [-0.1, -0.05) is 20.8 Å². The van der Waals surface area contributed by atoms with E-state index in [1.54, 1.807) is 0 Å². The van der Waals surface area contributed by atoms with Crippen molar-refractivity contribution in [2.24, 2.45) is 18.7 Å². The number of nitrogens with two attached hydrogens (primary N) is 1. The molecule has 0 saturated carbocycles. The van der Waals surface area contributed by atoms with Gasteiger partial charge >= 0.3 is 0 Å². The van der Waals surface area contributed by atoms with Gasteiger partial charge < -0.3 is 5.73 Å². The second-order valence-corrected chi connectivity index (χ2v) is 4.55. The van der Waals surface area contributed by atoms with Crippen molar-refractivity contribution in [3.05, 3.63) is 17.5 Å². The minimum Gasteiger partial charge on any atom is -0.327 e. The molecule has 1 atom stereocenters. The quantitative estimate of drug-likeness (QED) is 0.805. The Morgan fingerprint density at radius 3 is 2.60 bits per heavy atom. The molecule has 0 spiro atoms. The second kappa shape index (κ2) is 5.31. The number of hydrogen-bond donors (Lipinski definition) is 1. The van der Waals surface area contributed by atoms with Crippen molar-refractivity contribution in [1.82, 2.24) is 9.78 Å². The summed E-state index contributed by atoms with van der Waals surface area (Å²) in [4.78, 5) is 0. The average molecular weight is 209 g/mol. The molecular weight excluding hydrogens is 186 g/mol. The molecule has 0 bridgehead atoms. The maximum absolute atomic E-state index is 6.02. The van der Waals surface area contributed by atoms with E-state index in [4.69, 9.17) is 5.73 Å². The third-order valence-corrected chi connectivity index (χ3v) is 2.98. The van der Waals surface area contributed by atoms with E-state index in [0.717, 1.165) is 19.3 Å². The summed E-state index contributed by atoms with van der Waals surface area (Å²) in [5.41, 5.74) is 8.49. The topological polar surface area (TPSA) is 43.8 Å². The molecule has 0 amide bonds. The molecule has 0 saturated heterocycles. The predicted octanol–water partition coefficient (Wildman–Crippen LogP) is 1.90. The molecule has 15 heavy (non-hydrogen) atoms. The lowest BCUT2D eigenvalue weighted by molar-refractivity contribution is 0.459. The normalized spacial score (nSPS) is 13.5. The van der Waals surface area contributed by atoms with Gasteiger partial charge in [-0.25, -0.2) is 0 Å². The molecule has 1 rings (SSSR count). The fraction of sp³-hybridized carbons (Fsp3) is 0.750. The Kier molecular flexibility index (Phi) is 4.33. The lowest BCUT2D eigenvalue weighted by Crippen LogP contribution is -2.27. The van der Waals surface area contributed by atoms with Crippen molar-refractivity contribution in [3.8, 4) is 0 Å². The highest BCUT2D eigenvalue weighted by atomic mass is 15.3. The fourth-order valence-electron chi connectivity index (χ4n) is 1.63. The van der Waals surface area contributed by atoms with Crippen LogP contribution in [0.4, 0.5) is 0 Å². The van der Waals surface area contributed by atoms with Crippen LogP contribution in [0, 0.1) is 5.92 Å². The van der Waals surface area contributed by atoms with Crippen LogP contribution in [0.15, 0.2) is 6.07 Å². The molecule has 1 heterocycles. The van der Waals surface area contributed by atoms with Gasteiger partial charge in [-0.2, -0.15) is 5.10 Å². The molecular formula is C12H23N3. The first-order valence-corrected chi connectivity index (χ1v) is 5.82. The first kappa shape index (κ1) is 12.2. The highest BCUT2D eigenvalue weighted by Gasteiger charge is 2.10. The highest BCUT2D eigenvalue weighted by Crippen LogP contribution is 2.10. The molecule has 0 aliphatic carbocycles. The summed E-state index contributed by atoms with van der Waals surface area (Å²) >= 11 is 0. The zero-order valence-corrected chi connectivity index (χ0v) is 10.3. The number of aryl methyl sites for hydroxylation is 3. The van der Waals surface area contributed by atoms with Crippen LogP contribution in [0.1, 0.15) is 38.6 Å². The Labute approximate surface area is 92.7 Å². The zero-order valence-electron chi connectivity index (χ0n) is 10.3. The molecule has 1 aromatic rings. The van der Waals surface area contributed by atoms with E-state index >= 15 is 0 Å². The summed E-state index contributed by atoms with van der Waals surface area (Å²) in [6, 6.07) is 2.48. The zero-order chi connectivity index (χ0) is 11.4. The lowest BCUT2D eigenvalue weighted by Gasteiger charge is -2.14. The van der Waals surface area contributed by atoms with Gasteiger partial charge in [0, 0.05) is 18.8 Å². The Morgan fingerprint density at radius 2 is 2.13 bits per heavy atom. The van der Waals surface area contributed by atoms with Crippen molar-refractivity contribution in [3.63, 3.8) is 0 Å². The average Bonchev–Trinajstić information content (AvgIpc) is 2.55. The molecule has 86 valence electrons. The lowest BCUT2D eigenvalue weighted by atomic mass is 9.99. The minimum absolute atomic E-state index is 0.296. The third-order valence-electron chi connectivity index (χ3n) is 2.98. The maximum atomic E-state index is 6.02. The predicted molar refractivity (Wildman–Crippen MR) is 63.7 cm³/mol. The van der Waals surface area contributed by atoms with Crippen LogP contribution in [-0.4, -0.2) is 15.8 Å². The van der Waals surface area contributed by atoms with Crippen molar-refractivity contribution < 1.29 is 0 Å². The molecule has 0 aliphatic heterocycles. The summed E-state index contributed by atoms with van der Waals surface area (Å²) in [7, 11) is 2.01. The largest absolute Gasteiger partial charge is 0.327 e. The van der Waals surface area contributed by atoms with Gasteiger partial charge in [-0.15, -0.1) is 0 Å². The van der Waals surface area contributed by atoms with E-state index in [1.165, 1.54) is 11.4 Å². The molecule has 0 aliphatic rings. The summed E-state index contributed by atoms with van der Waals surface area (Å²) in [5.74, 6) is 0.559. The van der Waals surface area contributed by atoms with Gasteiger partial charge in [0.2, 0.25) is 0 Å². The summed E-state index contributed by atoms with van der Waals surface area (Å²) in [6.45, 7) is 6.47. The van der Waals surface area contributed by atoms with E-state index in [2.05, 4.69) is 31.9 Å². The molecule has 0 aromatic carbocycles. The second-order valence-electron chi connectivity index (χ2n) is 4.55. The van der Waals surface area contributed by atoms with Crippen LogP contribution in [0.5, 0.6) is 0 Å². The summed E-state index contributed by atoms with van der Waals surface area (Å²) < 4.78 is 1.98. The number of nitrogens with zero attached hydrogens (tertiary/aromatic N) is 2. The SMILES string of the molecule is CCc1cc(CCC(N)C(C)C)n(C)n1. The van der Waals surface area contributed by atoms with Gasteiger partial charge in [0.1, 0.15) is 0 Å². The highest BCUT2D eigenvalue weighted by molar-refractivity contribution is 5.10. The van der Waals surface area contributed by atoms with Gasteiger partial charge in [0.05, 0.1) is 5.69 Å². The molecule has 3 heteroatoms. The van der Waals surface area contributed by atoms with Gasteiger partial charge in [-0.3, -0.25) is 4.68 Å². The Balaban J connectivity index is 2.53. The molecule has 0 radical (unpaired) electrons. The van der Waals surface area contributed by atoms with Crippen molar-refractivity contribution in [2.75, 3.05) is 0 Å². The van der Waals surface area contributed by atoms with E-state index in [1.807, 2.05) is 11.7 Å². The van der Waals surface area contributed by atoms with Crippen molar-refractivity contribution in [2.45, 2.75) is 46.1 Å². The Bertz CT molecular complexity index is 302. The van der Waals surface area contributed by atoms with Gasteiger partial charge in [-0.05, 0) is 31.2 Å². The first-order chi connectivity index (χ1) is 7.04. The van der Waals surface area contributed by atoms with Crippen LogP contribution < -0.4 is 5.73 Å². The summed E-state index contributed by atoms with van der Waals surface area (Å²) in [6.07, 6.45) is 3.08. The van der Waals surface area contributed by atoms with Crippen LogP contribution in [0.2, 0.25) is 0 Å². The van der Waals surface area contributed by atoms with E-state index in [9.17, 15) is 0 Å². The first-order valence-electron chi connectivity index (χ1n) is 5.82. The Morgan fingerprint density at radius 1 is 1.47 bits per heavy atom. The van der Waals surface area contributed by atoms with E-state index in [0.29, 0.717) is 12.0 Å². The maximum Gasteiger partial charge on any atom is 0.0624 e. The molecule has 1 aromatic heterocycles. The smallest absolute Gasteiger partial charge is 0.0624 e. The van der Waals surface area contributed by atoms with Crippen LogP contribution in [0.3, 0.4) is 0 Å². The molecule has 3 nitrogen and oxygen atoms in total. The summed E-state index contributed by atoms with van der Waals surface area (Å²) in [5, 5.41) is 4.43. The molecule has 1 unspecified atom stereocenters. The van der Waals surface area contributed by atoms with E-state index < -0.39 is 0 Å². The molecule has 2 N–H and O–H groups in total. The van der Waals surface area contributed by atoms with Crippen LogP contribution in [-0.2, 0) is 19.9 Å². The molecule has 0 fully saturated rings.